The van der Waals surface area contributed by atoms with Gasteiger partial charge >= 0.3 is 0 Å². The van der Waals surface area contributed by atoms with E-state index in [9.17, 15) is 4.39 Å². The molecule has 22 heavy (non-hydrogen) atoms. The van der Waals surface area contributed by atoms with Gasteiger partial charge in [-0.25, -0.2) is 4.39 Å². The molecule has 0 saturated carbocycles. The van der Waals surface area contributed by atoms with Crippen LogP contribution in [0.15, 0.2) is 24.4 Å². The molecule has 1 aliphatic heterocycles. The van der Waals surface area contributed by atoms with E-state index in [0.717, 1.165) is 17.8 Å². The second-order valence-electron chi connectivity index (χ2n) is 5.46. The summed E-state index contributed by atoms with van der Waals surface area (Å²) in [7, 11) is 1.48. The fourth-order valence-corrected chi connectivity index (χ4v) is 2.84. The monoisotopic (exact) mass is 305 g/mol. The van der Waals surface area contributed by atoms with Gasteiger partial charge in [0.25, 0.3) is 0 Å². The van der Waals surface area contributed by atoms with Crippen LogP contribution in [-0.2, 0) is 11.3 Å². The Morgan fingerprint density at radius 1 is 1.50 bits per heavy atom. The Morgan fingerprint density at radius 3 is 3.09 bits per heavy atom. The minimum atomic E-state index is -0.295. The number of rotatable bonds is 4. The van der Waals surface area contributed by atoms with Crippen LogP contribution in [0.4, 0.5) is 4.39 Å². The van der Waals surface area contributed by atoms with Crippen molar-refractivity contribution in [3.05, 3.63) is 47.0 Å². The topological polar surface area (TPSA) is 50.4 Å². The molecule has 0 unspecified atom stereocenters. The Bertz CT molecular complexity index is 644. The number of methoxy groups -OCH3 is 1. The fourth-order valence-electron chi connectivity index (χ4n) is 2.84. The fraction of sp³-hybridized carbons (Fsp3) is 0.438. The summed E-state index contributed by atoms with van der Waals surface area (Å²) in [6.07, 6.45) is 1.80. The lowest BCUT2D eigenvalue weighted by atomic mass is 10.1. The summed E-state index contributed by atoms with van der Waals surface area (Å²) in [5, 5.41) is 7.12. The molecule has 2 aromatic rings. The van der Waals surface area contributed by atoms with E-state index >= 15 is 0 Å². The minimum absolute atomic E-state index is 0.0573. The van der Waals surface area contributed by atoms with Crippen LogP contribution in [0, 0.1) is 12.7 Å². The van der Waals surface area contributed by atoms with Crippen LogP contribution in [-0.4, -0.2) is 42.0 Å². The van der Waals surface area contributed by atoms with E-state index in [2.05, 4.69) is 15.1 Å². The SMILES string of the molecule is COc1cccc(CN2CCOC[C@@H]2c2[nH]ncc2C)c1F. The van der Waals surface area contributed by atoms with Crippen molar-refractivity contribution in [1.82, 2.24) is 15.1 Å². The maximum absolute atomic E-state index is 14.4. The number of nitrogens with one attached hydrogen (secondary N) is 1. The first-order valence-electron chi connectivity index (χ1n) is 7.33. The molecular weight excluding hydrogens is 285 g/mol. The summed E-state index contributed by atoms with van der Waals surface area (Å²) in [5.74, 6) is -0.0170. The van der Waals surface area contributed by atoms with Gasteiger partial charge in [0.1, 0.15) is 0 Å². The van der Waals surface area contributed by atoms with E-state index < -0.39 is 0 Å². The van der Waals surface area contributed by atoms with Gasteiger partial charge in [-0.2, -0.15) is 5.10 Å². The normalized spacial score (nSPS) is 19.3. The molecule has 1 atom stereocenters. The van der Waals surface area contributed by atoms with Crippen LogP contribution in [0.25, 0.3) is 0 Å². The first-order valence-corrected chi connectivity index (χ1v) is 7.33. The Balaban J connectivity index is 1.85. The lowest BCUT2D eigenvalue weighted by molar-refractivity contribution is -0.0149. The number of aromatic nitrogens is 2. The Hall–Kier alpha value is -1.92. The average Bonchev–Trinajstić information content (AvgIpc) is 2.96. The first kappa shape index (κ1) is 15.0. The molecule has 2 heterocycles. The molecule has 1 saturated heterocycles. The number of aryl methyl sites for hydroxylation is 1. The third kappa shape index (κ3) is 2.84. The predicted octanol–water partition coefficient (Wildman–Crippen LogP) is 2.44. The van der Waals surface area contributed by atoms with E-state index in [1.165, 1.54) is 7.11 Å². The van der Waals surface area contributed by atoms with Crippen LogP contribution in [0.1, 0.15) is 22.9 Å². The third-order valence-electron chi connectivity index (χ3n) is 4.08. The number of halogens is 1. The molecule has 1 aliphatic rings. The Labute approximate surface area is 129 Å². The van der Waals surface area contributed by atoms with Gasteiger partial charge in [0.2, 0.25) is 0 Å². The van der Waals surface area contributed by atoms with Gasteiger partial charge in [-0.05, 0) is 18.6 Å². The number of benzene rings is 1. The van der Waals surface area contributed by atoms with Crippen molar-refractivity contribution in [2.24, 2.45) is 0 Å². The summed E-state index contributed by atoms with van der Waals surface area (Å²) < 4.78 is 25.0. The Kier molecular flexibility index (Phi) is 4.40. The van der Waals surface area contributed by atoms with Gasteiger partial charge in [-0.1, -0.05) is 12.1 Å². The molecular formula is C16H20FN3O2. The maximum Gasteiger partial charge on any atom is 0.169 e. The zero-order valence-electron chi connectivity index (χ0n) is 12.8. The highest BCUT2D eigenvalue weighted by Crippen LogP contribution is 2.28. The second-order valence-corrected chi connectivity index (χ2v) is 5.46. The zero-order valence-corrected chi connectivity index (χ0v) is 12.8. The lowest BCUT2D eigenvalue weighted by Crippen LogP contribution is -2.39. The van der Waals surface area contributed by atoms with Crippen LogP contribution in [0.3, 0.4) is 0 Å². The van der Waals surface area contributed by atoms with E-state index in [-0.39, 0.29) is 17.6 Å². The van der Waals surface area contributed by atoms with Crippen molar-refractivity contribution in [2.75, 3.05) is 26.9 Å². The average molecular weight is 305 g/mol. The van der Waals surface area contributed by atoms with Crippen LogP contribution >= 0.6 is 0 Å². The highest BCUT2D eigenvalue weighted by molar-refractivity contribution is 5.31. The molecule has 0 bridgehead atoms. The van der Waals surface area contributed by atoms with Crippen LogP contribution in [0.2, 0.25) is 0 Å². The molecule has 0 amide bonds. The Morgan fingerprint density at radius 2 is 2.36 bits per heavy atom. The number of hydrogen-bond donors (Lipinski definition) is 1. The standard InChI is InChI=1S/C16H20FN3O2/c1-11-8-18-19-16(11)13-10-22-7-6-20(13)9-12-4-3-5-14(21-2)15(12)17/h3-5,8,13H,6-7,9-10H2,1-2H3,(H,18,19)/t13-/m1/s1. The zero-order chi connectivity index (χ0) is 15.5. The molecule has 118 valence electrons. The molecule has 3 rings (SSSR count). The van der Waals surface area contributed by atoms with Gasteiger partial charge in [-0.15, -0.1) is 0 Å². The number of ether oxygens (including phenoxy) is 2. The van der Waals surface area contributed by atoms with E-state index in [1.807, 2.05) is 13.0 Å². The summed E-state index contributed by atoms with van der Waals surface area (Å²) in [6.45, 7) is 4.50. The van der Waals surface area contributed by atoms with Gasteiger partial charge in [0.15, 0.2) is 11.6 Å². The van der Waals surface area contributed by atoms with Crippen molar-refractivity contribution in [3.63, 3.8) is 0 Å². The second kappa shape index (κ2) is 6.46. The predicted molar refractivity (Wildman–Crippen MR) is 80.2 cm³/mol. The molecule has 0 spiro atoms. The van der Waals surface area contributed by atoms with Gasteiger partial charge in [0.05, 0.1) is 38.3 Å². The molecule has 5 nitrogen and oxygen atoms in total. The van der Waals surface area contributed by atoms with E-state index in [4.69, 9.17) is 9.47 Å². The molecule has 1 fully saturated rings. The summed E-state index contributed by atoms with van der Waals surface area (Å²) >= 11 is 0. The van der Waals surface area contributed by atoms with Crippen molar-refractivity contribution >= 4 is 0 Å². The van der Waals surface area contributed by atoms with Gasteiger partial charge < -0.3 is 9.47 Å². The molecule has 1 aromatic carbocycles. The summed E-state index contributed by atoms with van der Waals surface area (Å²) in [6, 6.07) is 5.30. The minimum Gasteiger partial charge on any atom is -0.494 e. The van der Waals surface area contributed by atoms with Gasteiger partial charge in [-0.3, -0.25) is 10.00 Å². The number of aromatic amines is 1. The number of morpholine rings is 1. The summed E-state index contributed by atoms with van der Waals surface area (Å²) in [5.41, 5.74) is 2.75. The van der Waals surface area contributed by atoms with Crippen molar-refractivity contribution < 1.29 is 13.9 Å². The first-order chi connectivity index (χ1) is 10.7. The highest BCUT2D eigenvalue weighted by atomic mass is 19.1. The number of H-pyrrole nitrogens is 1. The van der Waals surface area contributed by atoms with Crippen molar-refractivity contribution in [1.29, 1.82) is 0 Å². The summed E-state index contributed by atoms with van der Waals surface area (Å²) in [4.78, 5) is 2.21. The lowest BCUT2D eigenvalue weighted by Gasteiger charge is -2.35. The highest BCUT2D eigenvalue weighted by Gasteiger charge is 2.28. The molecule has 1 aromatic heterocycles. The largest absolute Gasteiger partial charge is 0.494 e. The van der Waals surface area contributed by atoms with Gasteiger partial charge in [0, 0.05) is 18.7 Å². The number of nitrogens with zero attached hydrogens (tertiary/aromatic N) is 2. The maximum atomic E-state index is 14.4. The third-order valence-corrected chi connectivity index (χ3v) is 4.08. The number of hydrogen-bond acceptors (Lipinski definition) is 4. The molecule has 1 N–H and O–H groups in total. The quantitative estimate of drug-likeness (QED) is 0.942. The van der Waals surface area contributed by atoms with Crippen LogP contribution < -0.4 is 4.74 Å². The smallest absolute Gasteiger partial charge is 0.169 e. The van der Waals surface area contributed by atoms with E-state index in [0.29, 0.717) is 25.3 Å². The molecule has 0 aliphatic carbocycles. The molecule has 6 heteroatoms. The van der Waals surface area contributed by atoms with Crippen molar-refractivity contribution in [2.45, 2.75) is 19.5 Å². The van der Waals surface area contributed by atoms with Crippen LogP contribution in [0.5, 0.6) is 5.75 Å². The molecule has 0 radical (unpaired) electrons. The van der Waals surface area contributed by atoms with E-state index in [1.54, 1.807) is 18.3 Å². The van der Waals surface area contributed by atoms with Crippen molar-refractivity contribution in [3.8, 4) is 5.75 Å².